The summed E-state index contributed by atoms with van der Waals surface area (Å²) in [5.74, 6) is 2.39. The molecule has 1 N–H and O–H groups in total. The summed E-state index contributed by atoms with van der Waals surface area (Å²) >= 11 is 5.98. The molecule has 3 rings (SSSR count). The van der Waals surface area contributed by atoms with E-state index in [-0.39, 0.29) is 24.0 Å². The number of hydrogen-bond acceptors (Lipinski definition) is 3. The third-order valence-corrected chi connectivity index (χ3v) is 4.70. The third kappa shape index (κ3) is 7.35. The normalized spacial score (nSPS) is 16.8. The minimum absolute atomic E-state index is 0. The lowest BCUT2D eigenvalue weighted by molar-refractivity contribution is 0.187. The topological polar surface area (TPSA) is 50.0 Å². The van der Waals surface area contributed by atoms with Crippen molar-refractivity contribution in [1.82, 2.24) is 10.2 Å². The molecule has 0 saturated carbocycles. The predicted molar refractivity (Wildman–Crippen MR) is 120 cm³/mol. The first-order chi connectivity index (χ1) is 12.7. The molecule has 27 heavy (non-hydrogen) atoms. The van der Waals surface area contributed by atoms with Crippen molar-refractivity contribution in [3.05, 3.63) is 59.0 Å². The van der Waals surface area contributed by atoms with Crippen LogP contribution in [-0.4, -0.2) is 44.2 Å². The molecule has 148 valence electrons. The molecule has 1 aliphatic heterocycles. The van der Waals surface area contributed by atoms with Crippen molar-refractivity contribution in [2.45, 2.75) is 19.4 Å². The average molecular weight is 504 g/mol. The van der Waals surface area contributed by atoms with Gasteiger partial charge in [0.05, 0.1) is 12.9 Å². The van der Waals surface area contributed by atoms with Crippen molar-refractivity contribution in [3.8, 4) is 0 Å². The number of hydrogen-bond donors (Lipinski definition) is 1. The van der Waals surface area contributed by atoms with E-state index < -0.39 is 0 Å². The van der Waals surface area contributed by atoms with Crippen LogP contribution in [0.5, 0.6) is 0 Å². The quantitative estimate of drug-likeness (QED) is 0.349. The highest BCUT2D eigenvalue weighted by Crippen LogP contribution is 2.13. The fourth-order valence-corrected chi connectivity index (χ4v) is 3.07. The van der Waals surface area contributed by atoms with Crippen LogP contribution in [0.25, 0.3) is 0 Å². The van der Waals surface area contributed by atoms with Crippen LogP contribution in [0.1, 0.15) is 17.7 Å². The number of benzene rings is 1. The molecule has 5 nitrogen and oxygen atoms in total. The van der Waals surface area contributed by atoms with Gasteiger partial charge in [0, 0.05) is 50.7 Å². The van der Waals surface area contributed by atoms with Gasteiger partial charge in [-0.1, -0.05) is 23.7 Å². The number of aliphatic imine (C=N–C) groups is 1. The average Bonchev–Trinajstić information content (AvgIpc) is 3.33. The minimum Gasteiger partial charge on any atom is -0.469 e. The Morgan fingerprint density at radius 2 is 2.11 bits per heavy atom. The Bertz CT molecular complexity index is 686. The van der Waals surface area contributed by atoms with Crippen molar-refractivity contribution < 1.29 is 9.15 Å². The summed E-state index contributed by atoms with van der Waals surface area (Å²) in [6.45, 7) is 3.99. The highest BCUT2D eigenvalue weighted by molar-refractivity contribution is 14.0. The Hall–Kier alpha value is -1.25. The summed E-state index contributed by atoms with van der Waals surface area (Å²) in [5.41, 5.74) is 1.20. The first-order valence-corrected chi connectivity index (χ1v) is 9.42. The number of nitrogens with zero attached hydrogens (tertiary/aromatic N) is 2. The molecule has 0 amide bonds. The Balaban J connectivity index is 0.00000261. The van der Waals surface area contributed by atoms with Crippen LogP contribution in [0.4, 0.5) is 0 Å². The van der Waals surface area contributed by atoms with Gasteiger partial charge in [-0.25, -0.2) is 0 Å². The second-order valence-corrected chi connectivity index (χ2v) is 7.07. The van der Waals surface area contributed by atoms with Gasteiger partial charge in [-0.3, -0.25) is 4.99 Å². The van der Waals surface area contributed by atoms with E-state index in [9.17, 15) is 0 Å². The zero-order chi connectivity index (χ0) is 18.2. The van der Waals surface area contributed by atoms with Crippen LogP contribution in [0.15, 0.2) is 52.1 Å². The molecule has 1 aliphatic rings. The lowest BCUT2D eigenvalue weighted by atomic mass is 10.1. The van der Waals surface area contributed by atoms with Crippen molar-refractivity contribution in [2.75, 3.05) is 33.4 Å². The van der Waals surface area contributed by atoms with E-state index in [0.29, 0.717) is 5.92 Å². The van der Waals surface area contributed by atoms with E-state index in [1.165, 1.54) is 5.56 Å². The summed E-state index contributed by atoms with van der Waals surface area (Å²) in [6.07, 6.45) is 3.62. The van der Waals surface area contributed by atoms with Crippen molar-refractivity contribution >= 4 is 41.5 Å². The van der Waals surface area contributed by atoms with Crippen molar-refractivity contribution in [3.63, 3.8) is 0 Å². The maximum absolute atomic E-state index is 5.98. The summed E-state index contributed by atoms with van der Waals surface area (Å²) in [7, 11) is 2.05. The van der Waals surface area contributed by atoms with E-state index in [2.05, 4.69) is 17.3 Å². The summed E-state index contributed by atoms with van der Waals surface area (Å²) in [4.78, 5) is 6.97. The number of nitrogens with one attached hydrogen (secondary N) is 1. The lowest BCUT2D eigenvalue weighted by Gasteiger charge is -2.23. The molecule has 1 aromatic carbocycles. The van der Waals surface area contributed by atoms with E-state index in [1.807, 2.05) is 36.4 Å². The maximum Gasteiger partial charge on any atom is 0.193 e. The number of rotatable bonds is 7. The summed E-state index contributed by atoms with van der Waals surface area (Å²) in [5, 5.41) is 4.22. The Labute approximate surface area is 183 Å². The molecule has 7 heteroatoms. The van der Waals surface area contributed by atoms with Crippen molar-refractivity contribution in [1.29, 1.82) is 0 Å². The molecule has 1 atom stereocenters. The number of furan rings is 1. The standard InChI is InChI=1S/C20H26ClN3O2.HI/c1-24(14-16-4-6-18(21)7-5-16)20(23-13-17-9-12-25-15-17)22-10-8-19-3-2-11-26-19;/h2-7,11,17H,8-10,12-15H2,1H3,(H,22,23);1H. The largest absolute Gasteiger partial charge is 0.469 e. The zero-order valence-electron chi connectivity index (χ0n) is 15.6. The maximum atomic E-state index is 5.98. The van der Waals surface area contributed by atoms with Gasteiger partial charge in [0.1, 0.15) is 5.76 Å². The van der Waals surface area contributed by atoms with Gasteiger partial charge >= 0.3 is 0 Å². The fraction of sp³-hybridized carbons (Fsp3) is 0.450. The first-order valence-electron chi connectivity index (χ1n) is 9.05. The summed E-state index contributed by atoms with van der Waals surface area (Å²) in [6, 6.07) is 11.8. The monoisotopic (exact) mass is 503 g/mol. The number of guanidine groups is 1. The van der Waals surface area contributed by atoms with Gasteiger partial charge in [-0.2, -0.15) is 0 Å². The number of ether oxygens (including phenoxy) is 1. The van der Waals surface area contributed by atoms with E-state index in [4.69, 9.17) is 25.7 Å². The van der Waals surface area contributed by atoms with Crippen LogP contribution in [-0.2, 0) is 17.7 Å². The van der Waals surface area contributed by atoms with Crippen molar-refractivity contribution in [2.24, 2.45) is 10.9 Å². The Kier molecular flexibility index (Phi) is 9.44. The van der Waals surface area contributed by atoms with Gasteiger partial charge in [0.25, 0.3) is 0 Å². The van der Waals surface area contributed by atoms with Crippen LogP contribution in [0, 0.1) is 5.92 Å². The van der Waals surface area contributed by atoms with E-state index in [1.54, 1.807) is 6.26 Å². The Morgan fingerprint density at radius 1 is 1.30 bits per heavy atom. The molecule has 1 saturated heterocycles. The molecule has 0 aliphatic carbocycles. The molecule has 1 aromatic heterocycles. The molecule has 1 fully saturated rings. The van der Waals surface area contributed by atoms with E-state index in [0.717, 1.165) is 62.4 Å². The molecule has 0 bridgehead atoms. The molecule has 0 radical (unpaired) electrons. The second kappa shape index (κ2) is 11.6. The highest BCUT2D eigenvalue weighted by atomic mass is 127. The van der Waals surface area contributed by atoms with Gasteiger partial charge in [0.15, 0.2) is 5.96 Å². The minimum atomic E-state index is 0. The smallest absolute Gasteiger partial charge is 0.193 e. The van der Waals surface area contributed by atoms with E-state index >= 15 is 0 Å². The fourth-order valence-electron chi connectivity index (χ4n) is 2.95. The first kappa shape index (κ1) is 22.0. The molecule has 1 unspecified atom stereocenters. The van der Waals surface area contributed by atoms with Gasteiger partial charge < -0.3 is 19.4 Å². The van der Waals surface area contributed by atoms with Crippen LogP contribution < -0.4 is 5.32 Å². The van der Waals surface area contributed by atoms with Crippen LogP contribution in [0.2, 0.25) is 5.02 Å². The molecule has 2 heterocycles. The highest BCUT2D eigenvalue weighted by Gasteiger charge is 2.16. The van der Waals surface area contributed by atoms with Gasteiger partial charge in [0.2, 0.25) is 0 Å². The third-order valence-electron chi connectivity index (χ3n) is 4.45. The SMILES string of the molecule is CN(Cc1ccc(Cl)cc1)C(=NCC1CCOC1)NCCc1ccco1.I. The van der Waals surface area contributed by atoms with Gasteiger partial charge in [-0.05, 0) is 36.2 Å². The van der Waals surface area contributed by atoms with Crippen LogP contribution in [0.3, 0.4) is 0 Å². The molecule has 2 aromatic rings. The molecular weight excluding hydrogens is 477 g/mol. The Morgan fingerprint density at radius 3 is 2.78 bits per heavy atom. The predicted octanol–water partition coefficient (Wildman–Crippen LogP) is 4.21. The summed E-state index contributed by atoms with van der Waals surface area (Å²) < 4.78 is 10.9. The number of halogens is 2. The molecule has 0 spiro atoms. The lowest BCUT2D eigenvalue weighted by Crippen LogP contribution is -2.40. The van der Waals surface area contributed by atoms with Crippen LogP contribution >= 0.6 is 35.6 Å². The van der Waals surface area contributed by atoms with Gasteiger partial charge in [-0.15, -0.1) is 24.0 Å². The zero-order valence-corrected chi connectivity index (χ0v) is 18.7. The molecular formula is C20H27ClIN3O2. The second-order valence-electron chi connectivity index (χ2n) is 6.63.